The molecule has 0 aromatic rings. The van der Waals surface area contributed by atoms with Gasteiger partial charge >= 0.3 is 0 Å². The highest BCUT2D eigenvalue weighted by Gasteiger charge is 2.24. The van der Waals surface area contributed by atoms with Crippen molar-refractivity contribution in [2.45, 2.75) is 19.8 Å². The van der Waals surface area contributed by atoms with Crippen LogP contribution in [0.4, 0.5) is 0 Å². The van der Waals surface area contributed by atoms with Crippen molar-refractivity contribution in [3.63, 3.8) is 0 Å². The van der Waals surface area contributed by atoms with Gasteiger partial charge in [-0.3, -0.25) is 4.79 Å². The third-order valence-electron chi connectivity index (χ3n) is 3.28. The lowest BCUT2D eigenvalue weighted by atomic mass is 9.99. The van der Waals surface area contributed by atoms with Gasteiger partial charge in [-0.2, -0.15) is 0 Å². The largest absolute Gasteiger partial charge is 0.379 e. The molecule has 1 saturated heterocycles. The van der Waals surface area contributed by atoms with Gasteiger partial charge in [-0.15, -0.1) is 0 Å². The van der Waals surface area contributed by atoms with E-state index >= 15 is 0 Å². The summed E-state index contributed by atoms with van der Waals surface area (Å²) < 4.78 is 28.5. The highest BCUT2D eigenvalue weighted by atomic mass is 32.2. The van der Waals surface area contributed by atoms with E-state index in [1.165, 1.54) is 0 Å². The molecule has 0 radical (unpaired) electrons. The number of hydrogen-bond donors (Lipinski definition) is 1. The van der Waals surface area contributed by atoms with E-state index in [0.29, 0.717) is 32.2 Å². The molecule has 7 heteroatoms. The van der Waals surface area contributed by atoms with Crippen LogP contribution in [0.2, 0.25) is 0 Å². The Morgan fingerprint density at radius 1 is 1.32 bits per heavy atom. The fourth-order valence-electron chi connectivity index (χ4n) is 1.98. The molecule has 112 valence electrons. The van der Waals surface area contributed by atoms with Gasteiger partial charge in [0, 0.05) is 19.6 Å². The summed E-state index contributed by atoms with van der Waals surface area (Å²) in [6, 6.07) is 0. The summed E-state index contributed by atoms with van der Waals surface area (Å²) in [6.07, 6.45) is 1.90. The van der Waals surface area contributed by atoms with Crippen molar-refractivity contribution in [2.75, 3.05) is 44.4 Å². The van der Waals surface area contributed by atoms with Crippen LogP contribution in [0, 0.1) is 5.92 Å². The van der Waals surface area contributed by atoms with Crippen LogP contribution in [0.15, 0.2) is 0 Å². The fraction of sp³-hybridized carbons (Fsp3) is 0.917. The number of likely N-dealkylation sites (tertiary alicyclic amines) is 1. The molecule has 0 unspecified atom stereocenters. The number of piperidine rings is 1. The number of nitrogens with zero attached hydrogens (tertiary/aromatic N) is 1. The first-order valence-corrected chi connectivity index (χ1v) is 8.53. The van der Waals surface area contributed by atoms with Crippen LogP contribution in [0.1, 0.15) is 19.8 Å². The zero-order chi connectivity index (χ0) is 14.3. The minimum Gasteiger partial charge on any atom is -0.379 e. The van der Waals surface area contributed by atoms with E-state index in [0.717, 1.165) is 12.8 Å². The molecule has 6 nitrogen and oxygen atoms in total. The first-order chi connectivity index (χ1) is 8.94. The van der Waals surface area contributed by atoms with E-state index in [1.54, 1.807) is 4.90 Å². The summed E-state index contributed by atoms with van der Waals surface area (Å²) >= 11 is 0. The topological polar surface area (TPSA) is 89.7 Å². The predicted molar refractivity (Wildman–Crippen MR) is 73.5 cm³/mol. The van der Waals surface area contributed by atoms with Gasteiger partial charge in [0.2, 0.25) is 5.91 Å². The number of carbonyl (C=O) groups is 1. The summed E-state index contributed by atoms with van der Waals surface area (Å²) in [6.45, 7) is 4.29. The number of hydrogen-bond acceptors (Lipinski definition) is 5. The maximum absolute atomic E-state index is 11.9. The fourth-order valence-corrected chi connectivity index (χ4v) is 3.06. The Balaban J connectivity index is 2.33. The number of carbonyl (C=O) groups excluding carboxylic acids is 1. The first kappa shape index (κ1) is 16.4. The van der Waals surface area contributed by atoms with E-state index < -0.39 is 15.6 Å². The van der Waals surface area contributed by atoms with E-state index in [9.17, 15) is 13.2 Å². The van der Waals surface area contributed by atoms with Crippen LogP contribution in [-0.4, -0.2) is 63.6 Å². The van der Waals surface area contributed by atoms with Gasteiger partial charge < -0.3 is 15.4 Å². The summed E-state index contributed by atoms with van der Waals surface area (Å²) in [7, 11) is -3.38. The Morgan fingerprint density at radius 2 is 1.95 bits per heavy atom. The summed E-state index contributed by atoms with van der Waals surface area (Å²) in [5.74, 6) is -0.202. The van der Waals surface area contributed by atoms with Crippen molar-refractivity contribution in [1.29, 1.82) is 0 Å². The molecule has 0 spiro atoms. The average molecular weight is 292 g/mol. The van der Waals surface area contributed by atoms with E-state index in [-0.39, 0.29) is 18.3 Å². The molecule has 19 heavy (non-hydrogen) atoms. The first-order valence-electron chi connectivity index (χ1n) is 6.70. The molecule has 1 aliphatic rings. The highest BCUT2D eigenvalue weighted by Crippen LogP contribution is 2.16. The minimum absolute atomic E-state index is 0.101. The van der Waals surface area contributed by atoms with Crippen LogP contribution >= 0.6 is 0 Å². The smallest absolute Gasteiger partial charge is 0.237 e. The monoisotopic (exact) mass is 292 g/mol. The zero-order valence-electron chi connectivity index (χ0n) is 11.5. The number of amides is 1. The number of nitrogens with two attached hydrogens (primary N) is 1. The molecule has 1 amide bonds. The van der Waals surface area contributed by atoms with Crippen molar-refractivity contribution >= 4 is 15.7 Å². The quantitative estimate of drug-likeness (QED) is 0.647. The van der Waals surface area contributed by atoms with Gasteiger partial charge in [0.15, 0.2) is 9.84 Å². The zero-order valence-corrected chi connectivity index (χ0v) is 12.3. The summed E-state index contributed by atoms with van der Waals surface area (Å²) in [4.78, 5) is 13.5. The van der Waals surface area contributed by atoms with E-state index in [4.69, 9.17) is 10.5 Å². The van der Waals surface area contributed by atoms with Gasteiger partial charge in [-0.25, -0.2) is 8.42 Å². The second-order valence-electron chi connectivity index (χ2n) is 5.06. The van der Waals surface area contributed by atoms with Crippen molar-refractivity contribution in [1.82, 2.24) is 4.90 Å². The van der Waals surface area contributed by atoms with Crippen LogP contribution < -0.4 is 5.73 Å². The molecule has 1 fully saturated rings. The second kappa shape index (κ2) is 7.81. The van der Waals surface area contributed by atoms with Crippen LogP contribution in [-0.2, 0) is 19.4 Å². The van der Waals surface area contributed by atoms with Crippen molar-refractivity contribution in [2.24, 2.45) is 11.7 Å². The Hall–Kier alpha value is -0.660. The molecule has 1 rings (SSSR count). The predicted octanol–water partition coefficient (Wildman–Crippen LogP) is -0.365. The van der Waals surface area contributed by atoms with Crippen molar-refractivity contribution < 1.29 is 17.9 Å². The van der Waals surface area contributed by atoms with Crippen LogP contribution in [0.25, 0.3) is 0 Å². The Labute approximate surface area is 115 Å². The number of sulfone groups is 1. The molecule has 0 aromatic heterocycles. The molecule has 1 aliphatic heterocycles. The molecular weight excluding hydrogens is 268 g/mol. The second-order valence-corrected chi connectivity index (χ2v) is 7.24. The lowest BCUT2D eigenvalue weighted by Crippen LogP contribution is -2.41. The van der Waals surface area contributed by atoms with Crippen molar-refractivity contribution in [3.05, 3.63) is 0 Å². The summed E-state index contributed by atoms with van der Waals surface area (Å²) in [5, 5.41) is 0. The Kier molecular flexibility index (Phi) is 6.74. The molecular formula is C12H24N2O4S. The molecule has 0 saturated carbocycles. The standard InChI is InChI=1S/C12H24N2O4S/c1-11-2-5-14(6-3-11)12(15)10-19(16,17)9-8-18-7-4-13/h11H,2-10,13H2,1H3. The lowest BCUT2D eigenvalue weighted by molar-refractivity contribution is -0.129. The highest BCUT2D eigenvalue weighted by molar-refractivity contribution is 7.92. The summed E-state index contributed by atoms with van der Waals surface area (Å²) in [5.41, 5.74) is 5.23. The van der Waals surface area contributed by atoms with Gasteiger partial charge in [0.25, 0.3) is 0 Å². The molecule has 0 aliphatic carbocycles. The maximum Gasteiger partial charge on any atom is 0.237 e. The van der Waals surface area contributed by atoms with E-state index in [2.05, 4.69) is 6.92 Å². The van der Waals surface area contributed by atoms with Crippen LogP contribution in [0.5, 0.6) is 0 Å². The molecule has 1 heterocycles. The van der Waals surface area contributed by atoms with Gasteiger partial charge in [0.1, 0.15) is 5.75 Å². The average Bonchev–Trinajstić information content (AvgIpc) is 2.35. The Bertz CT molecular complexity index is 375. The maximum atomic E-state index is 11.9. The molecule has 2 N–H and O–H groups in total. The third-order valence-corrected chi connectivity index (χ3v) is 4.76. The van der Waals surface area contributed by atoms with Gasteiger partial charge in [-0.05, 0) is 18.8 Å². The molecule has 0 bridgehead atoms. The number of rotatable bonds is 7. The number of ether oxygens (including phenoxy) is 1. The van der Waals surface area contributed by atoms with Crippen LogP contribution in [0.3, 0.4) is 0 Å². The van der Waals surface area contributed by atoms with Gasteiger partial charge in [-0.1, -0.05) is 6.92 Å². The third kappa shape index (κ3) is 6.35. The van der Waals surface area contributed by atoms with E-state index in [1.807, 2.05) is 0 Å². The SMILES string of the molecule is CC1CCN(C(=O)CS(=O)(=O)CCOCCN)CC1. The van der Waals surface area contributed by atoms with Crippen molar-refractivity contribution in [3.8, 4) is 0 Å². The molecule has 0 atom stereocenters. The minimum atomic E-state index is -3.38. The normalized spacial score (nSPS) is 17.7. The Morgan fingerprint density at radius 3 is 2.53 bits per heavy atom. The lowest BCUT2D eigenvalue weighted by Gasteiger charge is -2.30. The van der Waals surface area contributed by atoms with Gasteiger partial charge in [0.05, 0.1) is 19.0 Å². The molecule has 0 aromatic carbocycles.